The summed E-state index contributed by atoms with van der Waals surface area (Å²) in [5, 5.41) is 0.666. The molecule has 4 heteroatoms. The minimum Gasteiger partial charge on any atom is -0.343 e. The lowest BCUT2D eigenvalue weighted by Gasteiger charge is -2.30. The van der Waals surface area contributed by atoms with Gasteiger partial charge in [-0.05, 0) is 54.8 Å². The molecule has 0 N–H and O–H groups in total. The van der Waals surface area contributed by atoms with Crippen LogP contribution < -0.4 is 4.90 Å². The molecule has 0 aliphatic rings. The molecule has 0 unspecified atom stereocenters. The number of anilines is 2. The Morgan fingerprint density at radius 3 is 1.86 bits per heavy atom. The first-order valence-electron chi connectivity index (χ1n) is 11.9. The number of aryl methyl sites for hydroxylation is 1. The molecule has 36 heavy (non-hydrogen) atoms. The van der Waals surface area contributed by atoms with Gasteiger partial charge in [-0.15, -0.1) is 6.58 Å². The van der Waals surface area contributed by atoms with Crippen molar-refractivity contribution in [2.75, 3.05) is 19.0 Å². The van der Waals surface area contributed by atoms with Gasteiger partial charge in [0.15, 0.2) is 0 Å². The van der Waals surface area contributed by atoms with Crippen molar-refractivity contribution in [3.8, 4) is 0 Å². The summed E-state index contributed by atoms with van der Waals surface area (Å²) >= 11 is 6.41. The second-order valence-corrected chi connectivity index (χ2v) is 8.97. The standard InChI is InChI=1S/C29H27ClN2O.C3H6/c1-21-18-19-24(31(2)27-17-11-10-16-26(27)30)20-25(21)29(33)32(3)28(22-12-6-4-7-13-22)23-14-8-5-9-15-23;1-3-2/h4-20,28H,1-3H3;3H,1H2,2H3. The van der Waals surface area contributed by atoms with Crippen molar-refractivity contribution in [1.82, 2.24) is 4.90 Å². The Bertz CT molecular complexity index is 1250. The lowest BCUT2D eigenvalue weighted by molar-refractivity contribution is 0.0754. The van der Waals surface area contributed by atoms with Crippen LogP contribution in [0.5, 0.6) is 0 Å². The average Bonchev–Trinajstić information content (AvgIpc) is 2.90. The minimum atomic E-state index is -0.191. The Morgan fingerprint density at radius 2 is 1.33 bits per heavy atom. The van der Waals surface area contributed by atoms with E-state index in [2.05, 4.69) is 30.8 Å². The van der Waals surface area contributed by atoms with Crippen molar-refractivity contribution in [2.24, 2.45) is 0 Å². The van der Waals surface area contributed by atoms with Crippen LogP contribution in [0.4, 0.5) is 11.4 Å². The van der Waals surface area contributed by atoms with Crippen molar-refractivity contribution < 1.29 is 4.79 Å². The number of benzene rings is 4. The summed E-state index contributed by atoms with van der Waals surface area (Å²) < 4.78 is 0. The fraction of sp³-hybridized carbons (Fsp3) is 0.156. The SMILES string of the molecule is C=CC.Cc1ccc(N(C)c2ccccc2Cl)cc1C(=O)N(C)C(c1ccccc1)c1ccccc1. The molecule has 0 fully saturated rings. The number of halogens is 1. The van der Waals surface area contributed by atoms with Crippen LogP contribution in [0.2, 0.25) is 5.02 Å². The van der Waals surface area contributed by atoms with Gasteiger partial charge in [-0.2, -0.15) is 0 Å². The maximum Gasteiger partial charge on any atom is 0.254 e. The summed E-state index contributed by atoms with van der Waals surface area (Å²) in [4.78, 5) is 17.6. The number of allylic oxidation sites excluding steroid dienone is 1. The molecule has 0 atom stereocenters. The smallest absolute Gasteiger partial charge is 0.254 e. The molecule has 184 valence electrons. The van der Waals surface area contributed by atoms with Gasteiger partial charge in [0, 0.05) is 25.3 Å². The van der Waals surface area contributed by atoms with Crippen molar-refractivity contribution >= 4 is 28.9 Å². The fourth-order valence-corrected chi connectivity index (χ4v) is 4.39. The first-order valence-corrected chi connectivity index (χ1v) is 12.3. The van der Waals surface area contributed by atoms with Crippen molar-refractivity contribution in [3.63, 3.8) is 0 Å². The molecule has 0 saturated carbocycles. The number of carbonyl (C=O) groups excluding carboxylic acids is 1. The minimum absolute atomic E-state index is 0.0281. The maximum absolute atomic E-state index is 13.8. The molecule has 0 aliphatic heterocycles. The molecule has 4 aromatic rings. The molecule has 3 nitrogen and oxygen atoms in total. The Hall–Kier alpha value is -3.82. The molecular formula is C32H33ClN2O. The molecule has 4 rings (SSSR count). The summed E-state index contributed by atoms with van der Waals surface area (Å²) in [6, 6.07) is 33.7. The Morgan fingerprint density at radius 1 is 0.833 bits per heavy atom. The molecule has 0 bridgehead atoms. The van der Waals surface area contributed by atoms with Crippen LogP contribution in [-0.4, -0.2) is 24.9 Å². The second kappa shape index (κ2) is 12.8. The zero-order chi connectivity index (χ0) is 26.1. The number of hydrogen-bond acceptors (Lipinski definition) is 2. The van der Waals surface area contributed by atoms with Gasteiger partial charge in [0.1, 0.15) is 0 Å². The van der Waals surface area contributed by atoms with Gasteiger partial charge in [-0.3, -0.25) is 4.79 Å². The topological polar surface area (TPSA) is 23.6 Å². The quantitative estimate of drug-likeness (QED) is 0.250. The van der Waals surface area contributed by atoms with E-state index in [1.165, 1.54) is 0 Å². The van der Waals surface area contributed by atoms with E-state index >= 15 is 0 Å². The molecule has 0 spiro atoms. The van der Waals surface area contributed by atoms with E-state index in [1.54, 1.807) is 6.08 Å². The van der Waals surface area contributed by atoms with E-state index < -0.39 is 0 Å². The zero-order valence-electron chi connectivity index (χ0n) is 21.4. The molecule has 1 amide bonds. The number of carbonyl (C=O) groups is 1. The maximum atomic E-state index is 13.8. The zero-order valence-corrected chi connectivity index (χ0v) is 22.1. The van der Waals surface area contributed by atoms with Crippen LogP contribution in [0.25, 0.3) is 0 Å². The third-order valence-corrected chi connectivity index (χ3v) is 6.31. The monoisotopic (exact) mass is 496 g/mol. The lowest BCUT2D eigenvalue weighted by Crippen LogP contribution is -2.32. The van der Waals surface area contributed by atoms with E-state index in [0.717, 1.165) is 28.1 Å². The summed E-state index contributed by atoms with van der Waals surface area (Å²) in [5.74, 6) is -0.0281. The normalized spacial score (nSPS) is 10.3. The van der Waals surface area contributed by atoms with Crippen LogP contribution in [0, 0.1) is 6.92 Å². The largest absolute Gasteiger partial charge is 0.343 e. The van der Waals surface area contributed by atoms with Crippen LogP contribution in [-0.2, 0) is 0 Å². The van der Waals surface area contributed by atoms with Crippen molar-refractivity contribution in [2.45, 2.75) is 19.9 Å². The predicted molar refractivity (Wildman–Crippen MR) is 153 cm³/mol. The predicted octanol–water partition coefficient (Wildman–Crippen LogP) is 8.47. The summed E-state index contributed by atoms with van der Waals surface area (Å²) in [6.07, 6.45) is 1.75. The first kappa shape index (κ1) is 26.8. The number of hydrogen-bond donors (Lipinski definition) is 0. The summed E-state index contributed by atoms with van der Waals surface area (Å²) in [6.45, 7) is 7.22. The summed E-state index contributed by atoms with van der Waals surface area (Å²) in [7, 11) is 3.83. The van der Waals surface area contributed by atoms with Crippen LogP contribution in [0.1, 0.15) is 40.0 Å². The number of rotatable bonds is 6. The molecule has 0 radical (unpaired) electrons. The molecule has 4 aromatic carbocycles. The fourth-order valence-electron chi connectivity index (χ4n) is 4.13. The molecular weight excluding hydrogens is 464 g/mol. The van der Waals surface area contributed by atoms with E-state index in [9.17, 15) is 4.79 Å². The van der Waals surface area contributed by atoms with Crippen LogP contribution in [0.3, 0.4) is 0 Å². The third-order valence-electron chi connectivity index (χ3n) is 5.99. The van der Waals surface area contributed by atoms with Crippen LogP contribution >= 0.6 is 11.6 Å². The van der Waals surface area contributed by atoms with E-state index in [1.807, 2.05) is 117 Å². The van der Waals surface area contributed by atoms with Crippen LogP contribution in [0.15, 0.2) is 116 Å². The number of amides is 1. The first-order chi connectivity index (χ1) is 17.4. The van der Waals surface area contributed by atoms with Gasteiger partial charge in [0.2, 0.25) is 0 Å². The van der Waals surface area contributed by atoms with Gasteiger partial charge in [0.25, 0.3) is 5.91 Å². The highest BCUT2D eigenvalue weighted by atomic mass is 35.5. The van der Waals surface area contributed by atoms with Gasteiger partial charge >= 0.3 is 0 Å². The Balaban J connectivity index is 0.00000115. The lowest BCUT2D eigenvalue weighted by atomic mass is 9.96. The highest BCUT2D eigenvalue weighted by Crippen LogP contribution is 2.33. The van der Waals surface area contributed by atoms with Gasteiger partial charge in [-0.25, -0.2) is 0 Å². The molecule has 0 heterocycles. The van der Waals surface area contributed by atoms with Gasteiger partial charge in [0.05, 0.1) is 16.8 Å². The van der Waals surface area contributed by atoms with E-state index in [-0.39, 0.29) is 11.9 Å². The van der Waals surface area contributed by atoms with E-state index in [0.29, 0.717) is 10.6 Å². The third kappa shape index (κ3) is 6.24. The highest BCUT2D eigenvalue weighted by molar-refractivity contribution is 6.33. The van der Waals surface area contributed by atoms with Gasteiger partial charge < -0.3 is 9.80 Å². The molecule has 0 saturated heterocycles. The Kier molecular flexibility index (Phi) is 9.49. The second-order valence-electron chi connectivity index (χ2n) is 8.56. The highest BCUT2D eigenvalue weighted by Gasteiger charge is 2.25. The Labute approximate surface area is 220 Å². The van der Waals surface area contributed by atoms with Gasteiger partial charge in [-0.1, -0.05) is 96.5 Å². The molecule has 0 aromatic heterocycles. The van der Waals surface area contributed by atoms with Crippen molar-refractivity contribution in [1.29, 1.82) is 0 Å². The summed E-state index contributed by atoms with van der Waals surface area (Å²) in [5.41, 5.74) is 5.54. The average molecular weight is 497 g/mol. The van der Waals surface area contributed by atoms with Crippen molar-refractivity contribution in [3.05, 3.63) is 143 Å². The number of para-hydroxylation sites is 1. The van der Waals surface area contributed by atoms with E-state index in [4.69, 9.17) is 11.6 Å². The molecule has 0 aliphatic carbocycles. The number of nitrogens with zero attached hydrogens (tertiary/aromatic N) is 2.